The number of hydrogen-bond donors (Lipinski definition) is 2. The first-order valence-electron chi connectivity index (χ1n) is 10.9. The molecule has 0 bridgehead atoms. The first kappa shape index (κ1) is 21.2. The lowest BCUT2D eigenvalue weighted by molar-refractivity contribution is 0.299. The fraction of sp³-hybridized carbons (Fsp3) is 0.259. The number of benzene rings is 2. The molecule has 1 unspecified atom stereocenters. The zero-order valence-electron chi connectivity index (χ0n) is 18.0. The van der Waals surface area contributed by atoms with Gasteiger partial charge in [0.15, 0.2) is 0 Å². The monoisotopic (exact) mass is 414 g/mol. The summed E-state index contributed by atoms with van der Waals surface area (Å²) in [6.45, 7) is 3.41. The predicted octanol–water partition coefficient (Wildman–Crippen LogP) is 4.37. The molecule has 2 aliphatic heterocycles. The van der Waals surface area contributed by atoms with Gasteiger partial charge in [0.25, 0.3) is 0 Å². The van der Waals surface area contributed by atoms with Crippen LogP contribution in [0.15, 0.2) is 96.4 Å². The molecule has 4 nitrogen and oxygen atoms in total. The number of rotatable bonds is 7. The van der Waals surface area contributed by atoms with E-state index in [0.717, 1.165) is 29.0 Å². The van der Waals surface area contributed by atoms with Gasteiger partial charge in [0.1, 0.15) is 0 Å². The quantitative estimate of drug-likeness (QED) is 0.707. The van der Waals surface area contributed by atoms with Crippen LogP contribution in [0, 0.1) is 0 Å². The van der Waals surface area contributed by atoms with Gasteiger partial charge in [-0.25, -0.2) is 0 Å². The van der Waals surface area contributed by atoms with Gasteiger partial charge in [0.2, 0.25) is 0 Å². The van der Waals surface area contributed by atoms with Crippen LogP contribution in [0.25, 0.3) is 0 Å². The van der Waals surface area contributed by atoms with Crippen LogP contribution in [0.4, 0.5) is 11.4 Å². The third-order valence-corrected chi connectivity index (χ3v) is 5.85. The Kier molecular flexibility index (Phi) is 6.70. The van der Waals surface area contributed by atoms with E-state index in [2.05, 4.69) is 102 Å². The highest BCUT2D eigenvalue weighted by molar-refractivity contribution is 5.61. The summed E-state index contributed by atoms with van der Waals surface area (Å²) < 4.78 is 0. The lowest BCUT2D eigenvalue weighted by atomic mass is 9.98. The second-order valence-corrected chi connectivity index (χ2v) is 7.99. The second kappa shape index (κ2) is 9.82. The second-order valence-electron chi connectivity index (χ2n) is 7.99. The number of allylic oxidation sites excluding steroid dienone is 4. The van der Waals surface area contributed by atoms with Crippen LogP contribution < -0.4 is 9.80 Å². The first-order chi connectivity index (χ1) is 15.2. The standard InChI is InChI=1S/C27H30N2O2/c1-21-20-25(12-17-29(21)27-8-4-23(5-9-27)14-19-31)24-10-15-28(16-11-24)26-6-2-22(3-7-26)13-18-30/h2-12,15,17,20-21,30-31H,13-14,16,18-19H2,1H3. The van der Waals surface area contributed by atoms with Crippen molar-refractivity contribution >= 4 is 11.4 Å². The Morgan fingerprint density at radius 2 is 1.35 bits per heavy atom. The van der Waals surface area contributed by atoms with E-state index in [1.807, 2.05) is 0 Å². The van der Waals surface area contributed by atoms with Crippen molar-refractivity contribution in [3.63, 3.8) is 0 Å². The van der Waals surface area contributed by atoms with Gasteiger partial charge in [0, 0.05) is 49.6 Å². The smallest absolute Gasteiger partial charge is 0.0497 e. The summed E-state index contributed by atoms with van der Waals surface area (Å²) in [5.41, 5.74) is 7.11. The molecule has 2 aliphatic rings. The summed E-state index contributed by atoms with van der Waals surface area (Å²) in [7, 11) is 0. The van der Waals surface area contributed by atoms with Crippen molar-refractivity contribution in [2.75, 3.05) is 29.6 Å². The number of aliphatic hydroxyl groups is 2. The molecule has 0 amide bonds. The molecular weight excluding hydrogens is 384 g/mol. The zero-order valence-corrected chi connectivity index (χ0v) is 18.0. The Morgan fingerprint density at radius 3 is 1.87 bits per heavy atom. The van der Waals surface area contributed by atoms with E-state index in [-0.39, 0.29) is 19.3 Å². The van der Waals surface area contributed by atoms with Crippen molar-refractivity contribution in [3.05, 3.63) is 108 Å². The minimum Gasteiger partial charge on any atom is -0.396 e. The summed E-state index contributed by atoms with van der Waals surface area (Å²) in [6, 6.07) is 17.1. The number of anilines is 2. The molecule has 0 fully saturated rings. The van der Waals surface area contributed by atoms with E-state index in [1.165, 1.54) is 11.1 Å². The third-order valence-electron chi connectivity index (χ3n) is 5.85. The van der Waals surface area contributed by atoms with Gasteiger partial charge in [-0.2, -0.15) is 0 Å². The van der Waals surface area contributed by atoms with E-state index in [1.54, 1.807) is 0 Å². The number of aliphatic hydroxyl groups excluding tert-OH is 2. The third kappa shape index (κ3) is 4.98. The Bertz CT molecular complexity index is 1000. The molecule has 2 aromatic carbocycles. The van der Waals surface area contributed by atoms with Gasteiger partial charge in [-0.3, -0.25) is 0 Å². The summed E-state index contributed by atoms with van der Waals surface area (Å²) in [5, 5.41) is 18.2. The van der Waals surface area contributed by atoms with Gasteiger partial charge in [0.05, 0.1) is 0 Å². The predicted molar refractivity (Wildman–Crippen MR) is 128 cm³/mol. The van der Waals surface area contributed by atoms with Crippen molar-refractivity contribution in [1.82, 2.24) is 0 Å². The molecule has 4 heteroatoms. The molecule has 4 rings (SSSR count). The van der Waals surface area contributed by atoms with Crippen molar-refractivity contribution < 1.29 is 10.2 Å². The van der Waals surface area contributed by atoms with Crippen LogP contribution in [0.3, 0.4) is 0 Å². The van der Waals surface area contributed by atoms with Crippen molar-refractivity contribution in [3.8, 4) is 0 Å². The fourth-order valence-corrected chi connectivity index (χ4v) is 4.05. The highest BCUT2D eigenvalue weighted by Crippen LogP contribution is 2.28. The molecular formula is C27H30N2O2. The molecule has 160 valence electrons. The highest BCUT2D eigenvalue weighted by Gasteiger charge is 2.17. The molecule has 2 heterocycles. The lowest BCUT2D eigenvalue weighted by Gasteiger charge is -2.31. The van der Waals surface area contributed by atoms with Crippen molar-refractivity contribution in [2.45, 2.75) is 25.8 Å². The minimum absolute atomic E-state index is 0.181. The summed E-state index contributed by atoms with van der Waals surface area (Å²) >= 11 is 0. The number of nitrogens with zero attached hydrogens (tertiary/aromatic N) is 2. The zero-order chi connectivity index (χ0) is 21.6. The van der Waals surface area contributed by atoms with Gasteiger partial charge in [-0.05, 0) is 78.5 Å². The van der Waals surface area contributed by atoms with Crippen LogP contribution in [0.2, 0.25) is 0 Å². The summed E-state index contributed by atoms with van der Waals surface area (Å²) in [6.07, 6.45) is 14.6. The van der Waals surface area contributed by atoms with Gasteiger partial charge >= 0.3 is 0 Å². The Morgan fingerprint density at radius 1 is 0.774 bits per heavy atom. The molecule has 0 radical (unpaired) electrons. The maximum absolute atomic E-state index is 9.09. The lowest BCUT2D eigenvalue weighted by Crippen LogP contribution is -2.29. The van der Waals surface area contributed by atoms with E-state index in [0.29, 0.717) is 12.8 Å². The maximum atomic E-state index is 9.09. The molecule has 2 N–H and O–H groups in total. The molecule has 0 aromatic heterocycles. The van der Waals surface area contributed by atoms with Crippen LogP contribution in [-0.4, -0.2) is 36.0 Å². The van der Waals surface area contributed by atoms with Crippen LogP contribution >= 0.6 is 0 Å². The molecule has 0 aliphatic carbocycles. The van der Waals surface area contributed by atoms with E-state index >= 15 is 0 Å². The summed E-state index contributed by atoms with van der Waals surface area (Å²) in [5.74, 6) is 0. The average Bonchev–Trinajstić information content (AvgIpc) is 2.81. The Labute approximate surface area is 184 Å². The summed E-state index contributed by atoms with van der Waals surface area (Å²) in [4.78, 5) is 4.49. The SMILES string of the molecule is CC1C=C(C2=CCN(c3ccc(CCO)cc3)C=C2)C=CN1c1ccc(CCO)cc1. The van der Waals surface area contributed by atoms with E-state index in [9.17, 15) is 0 Å². The van der Waals surface area contributed by atoms with Crippen LogP contribution in [0.1, 0.15) is 18.1 Å². The molecule has 1 atom stereocenters. The highest BCUT2D eigenvalue weighted by atomic mass is 16.3. The van der Waals surface area contributed by atoms with Gasteiger partial charge in [-0.15, -0.1) is 0 Å². The fourth-order valence-electron chi connectivity index (χ4n) is 4.05. The van der Waals surface area contributed by atoms with Crippen molar-refractivity contribution in [2.24, 2.45) is 0 Å². The molecule has 0 saturated heterocycles. The van der Waals surface area contributed by atoms with Crippen LogP contribution in [0.5, 0.6) is 0 Å². The topological polar surface area (TPSA) is 46.9 Å². The minimum atomic E-state index is 0.181. The maximum Gasteiger partial charge on any atom is 0.0497 e. The van der Waals surface area contributed by atoms with Gasteiger partial charge in [-0.1, -0.05) is 36.4 Å². The Hall–Kier alpha value is -3.08. The van der Waals surface area contributed by atoms with E-state index < -0.39 is 0 Å². The average molecular weight is 415 g/mol. The van der Waals surface area contributed by atoms with E-state index in [4.69, 9.17) is 10.2 Å². The normalized spacial score (nSPS) is 18.2. The van der Waals surface area contributed by atoms with Gasteiger partial charge < -0.3 is 20.0 Å². The van der Waals surface area contributed by atoms with Crippen molar-refractivity contribution in [1.29, 1.82) is 0 Å². The molecule has 31 heavy (non-hydrogen) atoms. The molecule has 0 saturated carbocycles. The Balaban J connectivity index is 1.40. The number of hydrogen-bond acceptors (Lipinski definition) is 4. The largest absolute Gasteiger partial charge is 0.396 e. The first-order valence-corrected chi connectivity index (χ1v) is 10.9. The molecule has 0 spiro atoms. The molecule has 2 aromatic rings. The van der Waals surface area contributed by atoms with Crippen LogP contribution in [-0.2, 0) is 12.8 Å².